The zero-order valence-electron chi connectivity index (χ0n) is 11.3. The van der Waals surface area contributed by atoms with Crippen molar-refractivity contribution in [2.24, 2.45) is 0 Å². The van der Waals surface area contributed by atoms with Crippen LogP contribution >= 0.6 is 11.6 Å². The first-order valence-electron chi connectivity index (χ1n) is 6.30. The number of rotatable bonds is 4. The first-order chi connectivity index (χ1) is 10.0. The van der Waals surface area contributed by atoms with Gasteiger partial charge >= 0.3 is 5.97 Å². The van der Waals surface area contributed by atoms with Gasteiger partial charge in [-0.15, -0.1) is 0 Å². The molecule has 2 aromatic carbocycles. The second kappa shape index (κ2) is 6.45. The van der Waals surface area contributed by atoms with E-state index in [0.717, 1.165) is 0 Å². The summed E-state index contributed by atoms with van der Waals surface area (Å²) in [6.45, 7) is 2.02. The molecule has 0 aliphatic carbocycles. The molecule has 0 fully saturated rings. The standard InChI is InChI=1S/C15H14ClFN2O2/c1-2-21-15(20)9-3-6-14(13(18)7-9)19-10-4-5-11(16)12(17)8-10/h3-8,19H,2,18H2,1H3. The lowest BCUT2D eigenvalue weighted by Crippen LogP contribution is -2.06. The monoisotopic (exact) mass is 308 g/mol. The van der Waals surface area contributed by atoms with Crippen LogP contribution < -0.4 is 11.1 Å². The van der Waals surface area contributed by atoms with Crippen LogP contribution in [0.5, 0.6) is 0 Å². The van der Waals surface area contributed by atoms with Gasteiger partial charge in [-0.2, -0.15) is 0 Å². The fourth-order valence-electron chi connectivity index (χ4n) is 1.75. The first kappa shape index (κ1) is 15.1. The quantitative estimate of drug-likeness (QED) is 0.662. The topological polar surface area (TPSA) is 64.3 Å². The van der Waals surface area contributed by atoms with Gasteiger partial charge in [0.2, 0.25) is 0 Å². The van der Waals surface area contributed by atoms with Crippen LogP contribution in [0.25, 0.3) is 0 Å². The van der Waals surface area contributed by atoms with E-state index in [0.29, 0.717) is 29.2 Å². The predicted molar refractivity (Wildman–Crippen MR) is 81.5 cm³/mol. The van der Waals surface area contributed by atoms with Crippen LogP contribution in [0.2, 0.25) is 5.02 Å². The van der Waals surface area contributed by atoms with E-state index in [1.54, 1.807) is 25.1 Å². The summed E-state index contributed by atoms with van der Waals surface area (Å²) in [5, 5.41) is 3.01. The number of hydrogen-bond acceptors (Lipinski definition) is 4. The zero-order chi connectivity index (χ0) is 15.4. The summed E-state index contributed by atoms with van der Waals surface area (Å²) in [6, 6.07) is 9.07. The summed E-state index contributed by atoms with van der Waals surface area (Å²) in [4.78, 5) is 11.6. The minimum absolute atomic E-state index is 0.0474. The molecule has 4 nitrogen and oxygen atoms in total. The second-order valence-corrected chi connectivity index (χ2v) is 4.68. The third kappa shape index (κ3) is 3.64. The molecular formula is C15H14ClFN2O2. The van der Waals surface area contributed by atoms with Crippen molar-refractivity contribution in [1.29, 1.82) is 0 Å². The Bertz CT molecular complexity index is 677. The van der Waals surface area contributed by atoms with Crippen molar-refractivity contribution in [2.45, 2.75) is 6.92 Å². The van der Waals surface area contributed by atoms with Crippen molar-refractivity contribution >= 4 is 34.6 Å². The maximum atomic E-state index is 13.4. The summed E-state index contributed by atoms with van der Waals surface area (Å²) in [6.07, 6.45) is 0. The molecule has 110 valence electrons. The summed E-state index contributed by atoms with van der Waals surface area (Å²) >= 11 is 5.62. The van der Waals surface area contributed by atoms with Crippen molar-refractivity contribution in [3.63, 3.8) is 0 Å². The SMILES string of the molecule is CCOC(=O)c1ccc(Nc2ccc(Cl)c(F)c2)c(N)c1. The molecule has 0 radical (unpaired) electrons. The highest BCUT2D eigenvalue weighted by atomic mass is 35.5. The van der Waals surface area contributed by atoms with Crippen molar-refractivity contribution in [3.05, 3.63) is 52.8 Å². The third-order valence-electron chi connectivity index (χ3n) is 2.76. The number of anilines is 3. The van der Waals surface area contributed by atoms with E-state index in [2.05, 4.69) is 5.32 Å². The largest absolute Gasteiger partial charge is 0.462 e. The fraction of sp³-hybridized carbons (Fsp3) is 0.133. The molecule has 21 heavy (non-hydrogen) atoms. The number of nitrogen functional groups attached to an aromatic ring is 1. The summed E-state index contributed by atoms with van der Waals surface area (Å²) in [7, 11) is 0. The van der Waals surface area contributed by atoms with E-state index in [9.17, 15) is 9.18 Å². The minimum atomic E-state index is -0.525. The van der Waals surface area contributed by atoms with Gasteiger partial charge in [0.25, 0.3) is 0 Å². The van der Waals surface area contributed by atoms with Crippen molar-refractivity contribution in [1.82, 2.24) is 0 Å². The summed E-state index contributed by atoms with van der Waals surface area (Å²) in [5.41, 5.74) is 7.67. The Balaban J connectivity index is 2.21. The van der Waals surface area contributed by atoms with Crippen LogP contribution in [0.3, 0.4) is 0 Å². The Morgan fingerprint density at radius 2 is 2.10 bits per heavy atom. The number of nitrogens with two attached hydrogens (primary N) is 1. The molecule has 0 atom stereocenters. The van der Waals surface area contributed by atoms with E-state index in [4.69, 9.17) is 22.1 Å². The van der Waals surface area contributed by atoms with Gasteiger partial charge in [0.15, 0.2) is 0 Å². The second-order valence-electron chi connectivity index (χ2n) is 4.28. The van der Waals surface area contributed by atoms with Gasteiger partial charge in [-0.05, 0) is 43.3 Å². The molecule has 0 spiro atoms. The number of hydrogen-bond donors (Lipinski definition) is 2. The number of carbonyl (C=O) groups excluding carboxylic acids is 1. The van der Waals surface area contributed by atoms with Gasteiger partial charge in [-0.3, -0.25) is 0 Å². The van der Waals surface area contributed by atoms with Gasteiger partial charge in [0.05, 0.1) is 28.6 Å². The first-order valence-corrected chi connectivity index (χ1v) is 6.67. The molecule has 0 bridgehead atoms. The van der Waals surface area contributed by atoms with Crippen LogP contribution in [0.1, 0.15) is 17.3 Å². The van der Waals surface area contributed by atoms with E-state index in [1.165, 1.54) is 18.2 Å². The molecule has 0 aliphatic rings. The van der Waals surface area contributed by atoms with Gasteiger partial charge in [-0.1, -0.05) is 11.6 Å². The molecule has 0 aliphatic heterocycles. The Hall–Kier alpha value is -2.27. The Labute approximate surface area is 126 Å². The Kier molecular flexibility index (Phi) is 4.65. The van der Waals surface area contributed by atoms with Gasteiger partial charge < -0.3 is 15.8 Å². The number of halogens is 2. The predicted octanol–water partition coefficient (Wildman–Crippen LogP) is 3.98. The van der Waals surface area contributed by atoms with E-state index < -0.39 is 11.8 Å². The average Bonchev–Trinajstić information content (AvgIpc) is 2.45. The normalized spacial score (nSPS) is 10.2. The molecule has 0 saturated heterocycles. The fourth-order valence-corrected chi connectivity index (χ4v) is 1.86. The zero-order valence-corrected chi connectivity index (χ0v) is 12.1. The highest BCUT2D eigenvalue weighted by Crippen LogP contribution is 2.26. The molecule has 2 aromatic rings. The average molecular weight is 309 g/mol. The molecule has 2 rings (SSSR count). The van der Waals surface area contributed by atoms with Crippen LogP contribution in [0, 0.1) is 5.82 Å². The lowest BCUT2D eigenvalue weighted by molar-refractivity contribution is 0.0526. The van der Waals surface area contributed by atoms with E-state index in [1.807, 2.05) is 0 Å². The lowest BCUT2D eigenvalue weighted by Gasteiger charge is -2.11. The molecule has 0 aromatic heterocycles. The smallest absolute Gasteiger partial charge is 0.338 e. The van der Waals surface area contributed by atoms with Crippen LogP contribution in [-0.4, -0.2) is 12.6 Å². The highest BCUT2D eigenvalue weighted by molar-refractivity contribution is 6.30. The molecule has 6 heteroatoms. The number of carbonyl (C=O) groups is 1. The Morgan fingerprint density at radius 3 is 2.71 bits per heavy atom. The number of benzene rings is 2. The molecule has 0 unspecified atom stereocenters. The minimum Gasteiger partial charge on any atom is -0.462 e. The molecule has 0 amide bonds. The lowest BCUT2D eigenvalue weighted by atomic mass is 10.1. The van der Waals surface area contributed by atoms with Crippen LogP contribution in [0.15, 0.2) is 36.4 Å². The van der Waals surface area contributed by atoms with Crippen molar-refractivity contribution < 1.29 is 13.9 Å². The Morgan fingerprint density at radius 1 is 1.33 bits per heavy atom. The number of ether oxygens (including phenoxy) is 1. The molecule has 0 saturated carbocycles. The van der Waals surface area contributed by atoms with E-state index in [-0.39, 0.29) is 5.02 Å². The number of esters is 1. The molecule has 3 N–H and O–H groups in total. The van der Waals surface area contributed by atoms with Crippen molar-refractivity contribution in [2.75, 3.05) is 17.7 Å². The number of nitrogens with one attached hydrogen (secondary N) is 1. The van der Waals surface area contributed by atoms with Gasteiger partial charge in [-0.25, -0.2) is 9.18 Å². The highest BCUT2D eigenvalue weighted by Gasteiger charge is 2.09. The van der Waals surface area contributed by atoms with Gasteiger partial charge in [0, 0.05) is 5.69 Å². The maximum Gasteiger partial charge on any atom is 0.338 e. The third-order valence-corrected chi connectivity index (χ3v) is 3.07. The summed E-state index contributed by atoms with van der Waals surface area (Å²) in [5.74, 6) is -0.961. The molecular weight excluding hydrogens is 295 g/mol. The summed E-state index contributed by atoms with van der Waals surface area (Å²) < 4.78 is 18.3. The maximum absolute atomic E-state index is 13.4. The van der Waals surface area contributed by atoms with Crippen LogP contribution in [-0.2, 0) is 4.74 Å². The van der Waals surface area contributed by atoms with Crippen molar-refractivity contribution in [3.8, 4) is 0 Å². The van der Waals surface area contributed by atoms with Crippen LogP contribution in [0.4, 0.5) is 21.5 Å². The van der Waals surface area contributed by atoms with E-state index >= 15 is 0 Å². The van der Waals surface area contributed by atoms with Gasteiger partial charge in [0.1, 0.15) is 5.82 Å². The molecule has 0 heterocycles.